The molecule has 1 aromatic heterocycles. The van der Waals surface area contributed by atoms with Crippen LogP contribution in [0.1, 0.15) is 69.6 Å². The van der Waals surface area contributed by atoms with Crippen LogP contribution < -0.4 is 4.74 Å². The summed E-state index contributed by atoms with van der Waals surface area (Å²) in [5.41, 5.74) is 5.03. The summed E-state index contributed by atoms with van der Waals surface area (Å²) >= 11 is 0. The van der Waals surface area contributed by atoms with Crippen LogP contribution in [0.2, 0.25) is 0 Å². The fraction of sp³-hybridized carbons (Fsp3) is 0.550. The van der Waals surface area contributed by atoms with Crippen molar-refractivity contribution in [2.24, 2.45) is 0 Å². The van der Waals surface area contributed by atoms with Gasteiger partial charge in [0.05, 0.1) is 6.61 Å². The molecule has 0 saturated carbocycles. The van der Waals surface area contributed by atoms with Crippen molar-refractivity contribution in [2.45, 2.75) is 72.5 Å². The second-order valence-corrected chi connectivity index (χ2v) is 8.43. The van der Waals surface area contributed by atoms with Crippen molar-refractivity contribution >= 4 is 0 Å². The predicted octanol–water partition coefficient (Wildman–Crippen LogP) is 4.38. The molecule has 2 N–H and O–H groups in total. The third kappa shape index (κ3) is 3.99. The molecule has 1 heterocycles. The van der Waals surface area contributed by atoms with Crippen LogP contribution in [0.25, 0.3) is 0 Å². The minimum absolute atomic E-state index is 0.0160. The van der Waals surface area contributed by atoms with Crippen molar-refractivity contribution in [1.82, 2.24) is 10.2 Å². The van der Waals surface area contributed by atoms with Crippen LogP contribution in [-0.4, -0.2) is 15.3 Å². The Morgan fingerprint density at radius 3 is 2.29 bits per heavy atom. The lowest BCUT2D eigenvalue weighted by Crippen LogP contribution is -2.17. The zero-order chi connectivity index (χ0) is 18.1. The summed E-state index contributed by atoms with van der Waals surface area (Å²) in [6, 6.07) is 6.44. The van der Waals surface area contributed by atoms with E-state index in [2.05, 4.69) is 69.9 Å². The van der Waals surface area contributed by atoms with E-state index in [-0.39, 0.29) is 17.4 Å². The van der Waals surface area contributed by atoms with E-state index in [0.29, 0.717) is 6.61 Å². The van der Waals surface area contributed by atoms with E-state index in [1.807, 2.05) is 6.92 Å². The molecular formula is C20H30N2O2. The van der Waals surface area contributed by atoms with Crippen LogP contribution in [0.15, 0.2) is 18.2 Å². The minimum atomic E-state index is -0.0316. The molecule has 24 heavy (non-hydrogen) atoms. The van der Waals surface area contributed by atoms with Gasteiger partial charge in [-0.25, -0.2) is 0 Å². The molecule has 1 aromatic carbocycles. The maximum absolute atomic E-state index is 9.48. The third-order valence-electron chi connectivity index (χ3n) is 4.34. The number of aromatic nitrogens is 2. The molecule has 0 bridgehead atoms. The molecule has 0 fully saturated rings. The van der Waals surface area contributed by atoms with Crippen LogP contribution >= 0.6 is 0 Å². The third-order valence-corrected chi connectivity index (χ3v) is 4.34. The molecule has 0 radical (unpaired) electrons. The number of rotatable bonds is 4. The Kier molecular flexibility index (Phi) is 5.09. The Balaban J connectivity index is 2.32. The molecule has 132 valence electrons. The van der Waals surface area contributed by atoms with Crippen molar-refractivity contribution in [3.63, 3.8) is 0 Å². The summed E-state index contributed by atoms with van der Waals surface area (Å²) in [5.74, 6) is 0.875. The first-order chi connectivity index (χ1) is 11.0. The van der Waals surface area contributed by atoms with Crippen molar-refractivity contribution in [1.29, 1.82) is 0 Å². The SMILES string of the molecule is Cc1[nH]nc(COc2ccc(C(C)(C)C)cc2C(C)(C)C)c1CO. The highest BCUT2D eigenvalue weighted by molar-refractivity contribution is 5.43. The molecule has 4 heteroatoms. The van der Waals surface area contributed by atoms with Gasteiger partial charge in [0.25, 0.3) is 0 Å². The molecule has 0 saturated heterocycles. The van der Waals surface area contributed by atoms with E-state index in [0.717, 1.165) is 22.7 Å². The Labute approximate surface area is 145 Å². The topological polar surface area (TPSA) is 58.1 Å². The number of aliphatic hydroxyl groups excluding tert-OH is 1. The Morgan fingerprint density at radius 2 is 1.75 bits per heavy atom. The molecule has 2 rings (SSSR count). The molecule has 0 spiro atoms. The first-order valence-corrected chi connectivity index (χ1v) is 8.45. The summed E-state index contributed by atoms with van der Waals surface area (Å²) in [4.78, 5) is 0. The summed E-state index contributed by atoms with van der Waals surface area (Å²) in [5, 5.41) is 16.6. The minimum Gasteiger partial charge on any atom is -0.487 e. The number of hydrogen-bond acceptors (Lipinski definition) is 3. The highest BCUT2D eigenvalue weighted by Gasteiger charge is 2.23. The van der Waals surface area contributed by atoms with E-state index in [1.54, 1.807) is 0 Å². The highest BCUT2D eigenvalue weighted by atomic mass is 16.5. The maximum Gasteiger partial charge on any atom is 0.132 e. The van der Waals surface area contributed by atoms with Crippen molar-refractivity contribution in [3.05, 3.63) is 46.3 Å². The number of nitrogens with zero attached hydrogens (tertiary/aromatic N) is 1. The van der Waals surface area contributed by atoms with E-state index in [9.17, 15) is 5.11 Å². The summed E-state index contributed by atoms with van der Waals surface area (Å²) in [6.45, 7) is 15.5. The first kappa shape index (κ1) is 18.5. The largest absolute Gasteiger partial charge is 0.487 e. The Hall–Kier alpha value is -1.81. The van der Waals surface area contributed by atoms with Gasteiger partial charge in [0.15, 0.2) is 0 Å². The van der Waals surface area contributed by atoms with Gasteiger partial charge in [-0.1, -0.05) is 53.7 Å². The number of nitrogens with one attached hydrogen (secondary N) is 1. The number of aliphatic hydroxyl groups is 1. The fourth-order valence-corrected chi connectivity index (χ4v) is 2.69. The van der Waals surface area contributed by atoms with E-state index in [1.165, 1.54) is 11.1 Å². The molecule has 0 amide bonds. The lowest BCUT2D eigenvalue weighted by Gasteiger charge is -2.27. The average Bonchev–Trinajstić information content (AvgIpc) is 2.83. The fourth-order valence-electron chi connectivity index (χ4n) is 2.69. The van der Waals surface area contributed by atoms with Crippen LogP contribution in [0, 0.1) is 6.92 Å². The molecule has 0 aliphatic carbocycles. The predicted molar refractivity (Wildman–Crippen MR) is 97.4 cm³/mol. The van der Waals surface area contributed by atoms with Gasteiger partial charge >= 0.3 is 0 Å². The lowest BCUT2D eigenvalue weighted by atomic mass is 9.80. The van der Waals surface area contributed by atoms with Crippen molar-refractivity contribution in [3.8, 4) is 5.75 Å². The molecular weight excluding hydrogens is 300 g/mol. The summed E-state index contributed by atoms with van der Waals surface area (Å²) < 4.78 is 6.08. The van der Waals surface area contributed by atoms with Gasteiger partial charge in [0, 0.05) is 11.3 Å². The number of benzene rings is 1. The standard InChI is InChI=1S/C20H30N2O2/c1-13-15(11-23)17(22-21-13)12-24-18-9-8-14(19(2,3)4)10-16(18)20(5,6)7/h8-10,23H,11-12H2,1-7H3,(H,21,22). The van der Waals surface area contributed by atoms with E-state index in [4.69, 9.17) is 4.74 Å². The lowest BCUT2D eigenvalue weighted by molar-refractivity contribution is 0.265. The van der Waals surface area contributed by atoms with Gasteiger partial charge in [-0.15, -0.1) is 0 Å². The Bertz CT molecular complexity index is 703. The normalized spacial score (nSPS) is 12.5. The summed E-state index contributed by atoms with van der Waals surface area (Å²) in [6.07, 6.45) is 0. The Morgan fingerprint density at radius 1 is 1.08 bits per heavy atom. The molecule has 4 nitrogen and oxygen atoms in total. The number of aromatic amines is 1. The second-order valence-electron chi connectivity index (χ2n) is 8.43. The van der Waals surface area contributed by atoms with E-state index < -0.39 is 0 Å². The van der Waals surface area contributed by atoms with Crippen LogP contribution in [0.5, 0.6) is 5.75 Å². The monoisotopic (exact) mass is 330 g/mol. The van der Waals surface area contributed by atoms with Crippen LogP contribution in [0.3, 0.4) is 0 Å². The molecule has 0 aliphatic rings. The number of aryl methyl sites for hydroxylation is 1. The number of H-pyrrole nitrogens is 1. The van der Waals surface area contributed by atoms with Crippen molar-refractivity contribution < 1.29 is 9.84 Å². The van der Waals surface area contributed by atoms with Gasteiger partial charge in [-0.2, -0.15) is 5.10 Å². The molecule has 0 atom stereocenters. The average molecular weight is 330 g/mol. The molecule has 2 aromatic rings. The zero-order valence-electron chi connectivity index (χ0n) is 15.9. The number of hydrogen-bond donors (Lipinski definition) is 2. The molecule has 0 unspecified atom stereocenters. The van der Waals surface area contributed by atoms with Crippen LogP contribution in [-0.2, 0) is 24.0 Å². The van der Waals surface area contributed by atoms with E-state index >= 15 is 0 Å². The van der Waals surface area contributed by atoms with Gasteiger partial charge in [-0.3, -0.25) is 5.10 Å². The smallest absolute Gasteiger partial charge is 0.132 e. The summed E-state index contributed by atoms with van der Waals surface area (Å²) in [7, 11) is 0. The first-order valence-electron chi connectivity index (χ1n) is 8.45. The maximum atomic E-state index is 9.48. The van der Waals surface area contributed by atoms with Gasteiger partial charge in [0.1, 0.15) is 18.1 Å². The quantitative estimate of drug-likeness (QED) is 0.874. The zero-order valence-corrected chi connectivity index (χ0v) is 15.9. The highest BCUT2D eigenvalue weighted by Crippen LogP contribution is 2.35. The molecule has 0 aliphatic heterocycles. The van der Waals surface area contributed by atoms with Gasteiger partial charge in [0.2, 0.25) is 0 Å². The second kappa shape index (κ2) is 6.60. The van der Waals surface area contributed by atoms with Crippen molar-refractivity contribution in [2.75, 3.05) is 0 Å². The van der Waals surface area contributed by atoms with Crippen LogP contribution in [0.4, 0.5) is 0 Å². The number of ether oxygens (including phenoxy) is 1. The van der Waals surface area contributed by atoms with Gasteiger partial charge < -0.3 is 9.84 Å². The van der Waals surface area contributed by atoms with Gasteiger partial charge in [-0.05, 0) is 34.9 Å².